The molecule has 1 heterocycles. The van der Waals surface area contributed by atoms with E-state index in [0.29, 0.717) is 18.2 Å². The maximum absolute atomic E-state index is 12.4. The average molecular weight is 276 g/mol. The smallest absolute Gasteiger partial charge is 0.230 e. The van der Waals surface area contributed by atoms with E-state index in [9.17, 15) is 4.79 Å². The number of nitrogen functional groups attached to an aromatic ring is 1. The van der Waals surface area contributed by atoms with Gasteiger partial charge in [0, 0.05) is 18.8 Å². The van der Waals surface area contributed by atoms with E-state index < -0.39 is 5.41 Å². The average Bonchev–Trinajstić information content (AvgIpc) is 2.46. The Morgan fingerprint density at radius 3 is 2.70 bits per heavy atom. The molecule has 110 valence electrons. The Balaban J connectivity index is 1.94. The molecule has 2 rings (SSSR count). The number of rotatable bonds is 4. The molecule has 1 saturated heterocycles. The van der Waals surface area contributed by atoms with Gasteiger partial charge >= 0.3 is 0 Å². The minimum atomic E-state index is -0.552. The van der Waals surface area contributed by atoms with Gasteiger partial charge in [-0.3, -0.25) is 4.79 Å². The van der Waals surface area contributed by atoms with Gasteiger partial charge in [0.25, 0.3) is 0 Å². The molecule has 3 N–H and O–H groups in total. The molecule has 1 aliphatic rings. The summed E-state index contributed by atoms with van der Waals surface area (Å²) in [6.07, 6.45) is 2.21. The lowest BCUT2D eigenvalue weighted by Gasteiger charge is -2.27. The van der Waals surface area contributed by atoms with E-state index in [4.69, 9.17) is 10.5 Å². The number of nitrogens with two attached hydrogens (primary N) is 1. The Morgan fingerprint density at radius 2 is 2.10 bits per heavy atom. The van der Waals surface area contributed by atoms with Crippen molar-refractivity contribution in [2.75, 3.05) is 25.5 Å². The Kier molecular flexibility index (Phi) is 4.65. The second kappa shape index (κ2) is 6.27. The van der Waals surface area contributed by atoms with Crippen LogP contribution < -0.4 is 11.1 Å². The van der Waals surface area contributed by atoms with Crippen molar-refractivity contribution < 1.29 is 9.53 Å². The summed E-state index contributed by atoms with van der Waals surface area (Å²) in [6, 6.07) is 7.50. The fraction of sp³-hybridized carbons (Fsp3) is 0.562. The molecule has 1 unspecified atom stereocenters. The zero-order valence-corrected chi connectivity index (χ0v) is 12.3. The van der Waals surface area contributed by atoms with E-state index in [2.05, 4.69) is 5.32 Å². The number of hydrogen-bond acceptors (Lipinski definition) is 3. The van der Waals surface area contributed by atoms with Crippen molar-refractivity contribution in [3.8, 4) is 0 Å². The van der Waals surface area contributed by atoms with E-state index in [1.807, 2.05) is 38.1 Å². The largest absolute Gasteiger partial charge is 0.399 e. The van der Waals surface area contributed by atoms with Gasteiger partial charge in [0.2, 0.25) is 5.91 Å². The van der Waals surface area contributed by atoms with Crippen LogP contribution >= 0.6 is 0 Å². The molecule has 1 amide bonds. The number of benzene rings is 1. The predicted molar refractivity (Wildman–Crippen MR) is 80.4 cm³/mol. The third-order valence-corrected chi connectivity index (χ3v) is 4.01. The van der Waals surface area contributed by atoms with Crippen LogP contribution in [0.5, 0.6) is 0 Å². The highest BCUT2D eigenvalue weighted by molar-refractivity contribution is 5.87. The monoisotopic (exact) mass is 276 g/mol. The SMILES string of the molecule is CC(C)(C(=O)NCC1CCCOC1)c1ccc(N)cc1. The Morgan fingerprint density at radius 1 is 1.40 bits per heavy atom. The summed E-state index contributed by atoms with van der Waals surface area (Å²) in [5, 5.41) is 3.06. The first kappa shape index (κ1) is 14.9. The van der Waals surface area contributed by atoms with Crippen LogP contribution in [0, 0.1) is 5.92 Å². The van der Waals surface area contributed by atoms with Gasteiger partial charge in [-0.2, -0.15) is 0 Å². The zero-order valence-electron chi connectivity index (χ0n) is 12.3. The fourth-order valence-electron chi connectivity index (χ4n) is 2.46. The van der Waals surface area contributed by atoms with Crippen molar-refractivity contribution in [1.82, 2.24) is 5.32 Å². The number of ether oxygens (including phenoxy) is 1. The summed E-state index contributed by atoms with van der Waals surface area (Å²) in [7, 11) is 0. The van der Waals surface area contributed by atoms with Crippen LogP contribution in [0.2, 0.25) is 0 Å². The predicted octanol–water partition coefficient (Wildman–Crippen LogP) is 2.09. The molecule has 1 atom stereocenters. The van der Waals surface area contributed by atoms with Gasteiger partial charge in [0.15, 0.2) is 0 Å². The molecular weight excluding hydrogens is 252 g/mol. The minimum absolute atomic E-state index is 0.0489. The van der Waals surface area contributed by atoms with E-state index in [-0.39, 0.29) is 5.91 Å². The molecule has 1 fully saturated rings. The van der Waals surface area contributed by atoms with Crippen LogP contribution in [0.25, 0.3) is 0 Å². The van der Waals surface area contributed by atoms with E-state index in [0.717, 1.165) is 31.6 Å². The maximum atomic E-state index is 12.4. The van der Waals surface area contributed by atoms with Gasteiger partial charge < -0.3 is 15.8 Å². The number of anilines is 1. The molecule has 0 aliphatic carbocycles. The van der Waals surface area contributed by atoms with Crippen molar-refractivity contribution in [1.29, 1.82) is 0 Å². The Hall–Kier alpha value is -1.55. The number of hydrogen-bond donors (Lipinski definition) is 2. The van der Waals surface area contributed by atoms with Crippen LogP contribution in [0.1, 0.15) is 32.3 Å². The van der Waals surface area contributed by atoms with Crippen LogP contribution in [-0.4, -0.2) is 25.7 Å². The lowest BCUT2D eigenvalue weighted by atomic mass is 9.83. The van der Waals surface area contributed by atoms with Gasteiger partial charge in [-0.1, -0.05) is 12.1 Å². The molecule has 0 aromatic heterocycles. The summed E-state index contributed by atoms with van der Waals surface area (Å²) in [5.41, 5.74) is 6.82. The highest BCUT2D eigenvalue weighted by atomic mass is 16.5. The molecule has 0 spiro atoms. The first-order chi connectivity index (χ1) is 9.50. The summed E-state index contributed by atoms with van der Waals surface area (Å²) in [5.74, 6) is 0.489. The van der Waals surface area contributed by atoms with Crippen LogP contribution in [-0.2, 0) is 14.9 Å². The van der Waals surface area contributed by atoms with Gasteiger partial charge in [-0.05, 0) is 50.3 Å². The second-order valence-corrected chi connectivity index (χ2v) is 6.04. The lowest BCUT2D eigenvalue weighted by molar-refractivity contribution is -0.126. The minimum Gasteiger partial charge on any atom is -0.399 e. The highest BCUT2D eigenvalue weighted by Crippen LogP contribution is 2.24. The van der Waals surface area contributed by atoms with Gasteiger partial charge in [-0.15, -0.1) is 0 Å². The molecule has 0 saturated carbocycles. The van der Waals surface area contributed by atoms with Crippen molar-refractivity contribution >= 4 is 11.6 Å². The number of nitrogens with one attached hydrogen (secondary N) is 1. The van der Waals surface area contributed by atoms with Crippen molar-refractivity contribution in [3.63, 3.8) is 0 Å². The van der Waals surface area contributed by atoms with Crippen molar-refractivity contribution in [2.45, 2.75) is 32.1 Å². The standard InChI is InChI=1S/C16H24N2O2/c1-16(2,13-5-7-14(17)8-6-13)15(19)18-10-12-4-3-9-20-11-12/h5-8,12H,3-4,9-11,17H2,1-2H3,(H,18,19). The molecule has 0 radical (unpaired) electrons. The first-order valence-electron chi connectivity index (χ1n) is 7.22. The topological polar surface area (TPSA) is 64.3 Å². The van der Waals surface area contributed by atoms with E-state index >= 15 is 0 Å². The van der Waals surface area contributed by atoms with Gasteiger partial charge in [0.05, 0.1) is 12.0 Å². The van der Waals surface area contributed by atoms with Gasteiger partial charge in [0.1, 0.15) is 0 Å². The summed E-state index contributed by atoms with van der Waals surface area (Å²) >= 11 is 0. The van der Waals surface area contributed by atoms with Crippen LogP contribution in [0.15, 0.2) is 24.3 Å². The molecule has 1 aromatic carbocycles. The first-order valence-corrected chi connectivity index (χ1v) is 7.22. The molecule has 20 heavy (non-hydrogen) atoms. The second-order valence-electron chi connectivity index (χ2n) is 6.04. The van der Waals surface area contributed by atoms with Crippen molar-refractivity contribution in [2.24, 2.45) is 5.92 Å². The third-order valence-electron chi connectivity index (χ3n) is 4.01. The zero-order chi connectivity index (χ0) is 14.6. The summed E-state index contributed by atoms with van der Waals surface area (Å²) in [4.78, 5) is 12.4. The van der Waals surface area contributed by atoms with Gasteiger partial charge in [-0.25, -0.2) is 0 Å². The number of carbonyl (C=O) groups excluding carboxylic acids is 1. The fourth-order valence-corrected chi connectivity index (χ4v) is 2.46. The molecular formula is C16H24N2O2. The van der Waals surface area contributed by atoms with Crippen LogP contribution in [0.4, 0.5) is 5.69 Å². The quantitative estimate of drug-likeness (QED) is 0.828. The summed E-state index contributed by atoms with van der Waals surface area (Å²) in [6.45, 7) is 6.16. The number of amides is 1. The molecule has 4 heteroatoms. The molecule has 0 bridgehead atoms. The van der Waals surface area contributed by atoms with E-state index in [1.165, 1.54) is 0 Å². The van der Waals surface area contributed by atoms with Crippen LogP contribution in [0.3, 0.4) is 0 Å². The third kappa shape index (κ3) is 3.51. The Labute approximate surface area is 120 Å². The highest BCUT2D eigenvalue weighted by Gasteiger charge is 2.30. The molecule has 1 aromatic rings. The molecule has 4 nitrogen and oxygen atoms in total. The van der Waals surface area contributed by atoms with E-state index in [1.54, 1.807) is 0 Å². The normalized spacial score (nSPS) is 19.6. The Bertz CT molecular complexity index is 448. The maximum Gasteiger partial charge on any atom is 0.230 e. The van der Waals surface area contributed by atoms with Crippen molar-refractivity contribution in [3.05, 3.63) is 29.8 Å². The number of carbonyl (C=O) groups is 1. The lowest BCUT2D eigenvalue weighted by Crippen LogP contribution is -2.43. The molecule has 1 aliphatic heterocycles. The summed E-state index contributed by atoms with van der Waals surface area (Å²) < 4.78 is 5.43.